The van der Waals surface area contributed by atoms with Crippen LogP contribution in [0.3, 0.4) is 0 Å². The van der Waals surface area contributed by atoms with Crippen LogP contribution in [0.25, 0.3) is 0 Å². The van der Waals surface area contributed by atoms with Crippen LogP contribution in [0, 0.1) is 0 Å². The minimum Gasteiger partial charge on any atom is -0.467 e. The van der Waals surface area contributed by atoms with Crippen LogP contribution >= 0.6 is 23.1 Å². The summed E-state index contributed by atoms with van der Waals surface area (Å²) < 4.78 is 30.3. The zero-order valence-corrected chi connectivity index (χ0v) is 15.3. The quantitative estimate of drug-likeness (QED) is 0.514. The van der Waals surface area contributed by atoms with Crippen LogP contribution in [0.2, 0.25) is 0 Å². The molecular weight excluding hydrogens is 368 g/mol. The van der Waals surface area contributed by atoms with Crippen LogP contribution in [-0.4, -0.2) is 30.8 Å². The van der Waals surface area contributed by atoms with Gasteiger partial charge in [0.15, 0.2) is 0 Å². The van der Waals surface area contributed by atoms with Gasteiger partial charge in [0.2, 0.25) is 0 Å². The van der Waals surface area contributed by atoms with Crippen molar-refractivity contribution in [1.82, 2.24) is 0 Å². The molecule has 0 saturated heterocycles. The third-order valence-electron chi connectivity index (χ3n) is 3.46. The fourth-order valence-corrected chi connectivity index (χ4v) is 4.00. The lowest BCUT2D eigenvalue weighted by atomic mass is 10.1. The van der Waals surface area contributed by atoms with E-state index in [1.165, 1.54) is 18.1 Å². The first-order chi connectivity index (χ1) is 12.0. The summed E-state index contributed by atoms with van der Waals surface area (Å²) in [6.45, 7) is 1.76. The Balaban J connectivity index is 2.47. The summed E-state index contributed by atoms with van der Waals surface area (Å²) in [5.41, 5.74) is 0.506. The predicted octanol–water partition coefficient (Wildman–Crippen LogP) is 4.66. The number of nitrogens with zero attached hydrogens (tertiary/aromatic N) is 1. The zero-order valence-electron chi connectivity index (χ0n) is 13.6. The minimum atomic E-state index is -2.63. The number of benzene rings is 1. The van der Waals surface area contributed by atoms with Gasteiger partial charge in [-0.2, -0.15) is 8.78 Å². The van der Waals surface area contributed by atoms with Crippen molar-refractivity contribution in [2.75, 3.05) is 12.0 Å². The molecule has 134 valence electrons. The van der Waals surface area contributed by atoms with Crippen LogP contribution < -0.4 is 4.90 Å². The lowest BCUT2D eigenvalue weighted by molar-refractivity contribution is -0.142. The van der Waals surface area contributed by atoms with Crippen molar-refractivity contribution in [3.63, 3.8) is 0 Å². The smallest absolute Gasteiger partial charge is 0.328 e. The molecule has 0 spiro atoms. The lowest BCUT2D eigenvalue weighted by Gasteiger charge is -2.29. The number of halogens is 2. The number of ether oxygens (including phenoxy) is 1. The highest BCUT2D eigenvalue weighted by Crippen LogP contribution is 2.34. The van der Waals surface area contributed by atoms with Gasteiger partial charge in [-0.25, -0.2) is 4.79 Å². The second-order valence-electron chi connectivity index (χ2n) is 4.95. The summed E-state index contributed by atoms with van der Waals surface area (Å²) in [5.74, 6) is -3.69. The summed E-state index contributed by atoms with van der Waals surface area (Å²) in [4.78, 5) is 26.9. The number of para-hydroxylation sites is 1. The van der Waals surface area contributed by atoms with Crippen molar-refractivity contribution in [3.8, 4) is 0 Å². The third-order valence-corrected chi connectivity index (χ3v) is 5.27. The Labute approximate surface area is 152 Å². The topological polar surface area (TPSA) is 46.6 Å². The minimum absolute atomic E-state index is 0.177. The number of esters is 1. The molecule has 0 fully saturated rings. The molecule has 1 atom stereocenters. The van der Waals surface area contributed by atoms with Crippen LogP contribution in [0.4, 0.5) is 14.5 Å². The molecule has 0 N–H and O–H groups in total. The second-order valence-corrected chi connectivity index (χ2v) is 6.90. The third kappa shape index (κ3) is 4.58. The first-order valence-electron chi connectivity index (χ1n) is 7.48. The van der Waals surface area contributed by atoms with E-state index >= 15 is 0 Å². The Bertz CT molecular complexity index is 722. The maximum absolute atomic E-state index is 13.1. The fraction of sp³-hybridized carbons (Fsp3) is 0.294. The Kier molecular flexibility index (Phi) is 6.95. The van der Waals surface area contributed by atoms with E-state index in [0.29, 0.717) is 23.9 Å². The van der Waals surface area contributed by atoms with E-state index in [0.717, 1.165) is 11.3 Å². The fourth-order valence-electron chi connectivity index (χ4n) is 2.37. The Morgan fingerprint density at radius 1 is 1.24 bits per heavy atom. The van der Waals surface area contributed by atoms with E-state index in [4.69, 9.17) is 4.74 Å². The number of hydrogen-bond donors (Lipinski definition) is 0. The van der Waals surface area contributed by atoms with Crippen LogP contribution in [0.5, 0.6) is 0 Å². The molecule has 0 aliphatic heterocycles. The number of thioether (sulfide) groups is 1. The van der Waals surface area contributed by atoms with Crippen molar-refractivity contribution in [2.45, 2.75) is 30.0 Å². The molecule has 2 aromatic rings. The number of rotatable bonds is 7. The Morgan fingerprint density at radius 2 is 1.92 bits per heavy atom. The Morgan fingerprint density at radius 3 is 2.48 bits per heavy atom. The first-order valence-corrected chi connectivity index (χ1v) is 9.24. The maximum atomic E-state index is 13.1. The highest BCUT2D eigenvalue weighted by atomic mass is 32.2. The number of amides is 1. The molecule has 1 amide bonds. The van der Waals surface area contributed by atoms with Gasteiger partial charge < -0.3 is 4.74 Å². The average Bonchev–Trinajstić information content (AvgIpc) is 3.06. The summed E-state index contributed by atoms with van der Waals surface area (Å²) in [7, 11) is 1.25. The van der Waals surface area contributed by atoms with Gasteiger partial charge in [0.05, 0.1) is 7.11 Å². The van der Waals surface area contributed by atoms with Gasteiger partial charge >= 0.3 is 5.97 Å². The molecule has 0 aliphatic rings. The molecule has 0 bridgehead atoms. The standard InChI is InChI=1S/C17H17F2NO3S2/c1-3-12(16(22)23-2)20(11-7-5-4-6-8-11)15(21)14-13(9-10-24-14)25-17(18)19/h4-10,12,17H,3H2,1-2H3. The molecule has 1 aromatic heterocycles. The lowest BCUT2D eigenvalue weighted by Crippen LogP contribution is -2.45. The molecule has 8 heteroatoms. The maximum Gasteiger partial charge on any atom is 0.328 e. The normalized spacial score (nSPS) is 12.0. The number of anilines is 1. The molecule has 25 heavy (non-hydrogen) atoms. The summed E-state index contributed by atoms with van der Waals surface area (Å²) >= 11 is 1.39. The van der Waals surface area contributed by atoms with E-state index in [-0.39, 0.29) is 9.77 Å². The van der Waals surface area contributed by atoms with E-state index in [9.17, 15) is 18.4 Å². The van der Waals surface area contributed by atoms with Crippen molar-refractivity contribution >= 4 is 40.7 Å². The number of carbonyl (C=O) groups excluding carboxylic acids is 2. The Hall–Kier alpha value is -1.93. The molecule has 0 saturated carbocycles. The van der Waals surface area contributed by atoms with Gasteiger partial charge in [0.25, 0.3) is 11.7 Å². The summed E-state index contributed by atoms with van der Waals surface area (Å²) in [5, 5.41) is 1.58. The van der Waals surface area contributed by atoms with Gasteiger partial charge in [-0.05, 0) is 30.0 Å². The van der Waals surface area contributed by atoms with Gasteiger partial charge in [0.1, 0.15) is 10.9 Å². The van der Waals surface area contributed by atoms with Gasteiger partial charge in [-0.1, -0.05) is 36.9 Å². The van der Waals surface area contributed by atoms with Crippen LogP contribution in [0.1, 0.15) is 23.0 Å². The number of methoxy groups -OCH3 is 1. The van der Waals surface area contributed by atoms with Gasteiger partial charge in [-0.3, -0.25) is 9.69 Å². The summed E-state index contributed by atoms with van der Waals surface area (Å²) in [6.07, 6.45) is 0.329. The molecule has 2 rings (SSSR count). The molecule has 4 nitrogen and oxygen atoms in total. The number of carbonyl (C=O) groups is 2. The SMILES string of the molecule is CCC(C(=O)OC)N(C(=O)c1sccc1SC(F)F)c1ccccc1. The predicted molar refractivity (Wildman–Crippen MR) is 95.5 cm³/mol. The van der Waals surface area contributed by atoms with Gasteiger partial charge in [-0.15, -0.1) is 11.3 Å². The second kappa shape index (κ2) is 8.96. The van der Waals surface area contributed by atoms with E-state index < -0.39 is 23.7 Å². The van der Waals surface area contributed by atoms with Crippen molar-refractivity contribution in [2.24, 2.45) is 0 Å². The van der Waals surface area contributed by atoms with Gasteiger partial charge in [0, 0.05) is 10.6 Å². The van der Waals surface area contributed by atoms with Crippen molar-refractivity contribution < 1.29 is 23.1 Å². The molecular formula is C17H17F2NO3S2. The zero-order chi connectivity index (χ0) is 18.4. The number of alkyl halides is 2. The van der Waals surface area contributed by atoms with Crippen molar-refractivity contribution in [1.29, 1.82) is 0 Å². The van der Waals surface area contributed by atoms with Crippen LogP contribution in [0.15, 0.2) is 46.7 Å². The molecule has 1 unspecified atom stereocenters. The van der Waals surface area contributed by atoms with E-state index in [1.807, 2.05) is 0 Å². The molecule has 1 aromatic carbocycles. The molecule has 1 heterocycles. The summed E-state index contributed by atoms with van der Waals surface area (Å²) in [6, 6.07) is 9.29. The molecule has 0 aliphatic carbocycles. The average molecular weight is 385 g/mol. The molecule has 0 radical (unpaired) electrons. The van der Waals surface area contributed by atoms with Crippen molar-refractivity contribution in [3.05, 3.63) is 46.7 Å². The monoisotopic (exact) mass is 385 g/mol. The highest BCUT2D eigenvalue weighted by Gasteiger charge is 2.33. The van der Waals surface area contributed by atoms with E-state index in [1.54, 1.807) is 42.6 Å². The largest absolute Gasteiger partial charge is 0.467 e. The first kappa shape index (κ1) is 19.4. The van der Waals surface area contributed by atoms with E-state index in [2.05, 4.69) is 0 Å². The highest BCUT2D eigenvalue weighted by molar-refractivity contribution is 7.99. The number of thiophene rings is 1. The number of hydrogen-bond acceptors (Lipinski definition) is 5. The van der Waals surface area contributed by atoms with Crippen LogP contribution in [-0.2, 0) is 9.53 Å².